The molecular formula is C15H15Cl2FN2. The van der Waals surface area contributed by atoms with E-state index in [-0.39, 0.29) is 5.82 Å². The van der Waals surface area contributed by atoms with Crippen LogP contribution >= 0.6 is 23.2 Å². The van der Waals surface area contributed by atoms with Crippen molar-refractivity contribution in [1.82, 2.24) is 5.43 Å². The number of nitrogens with one attached hydrogen (secondary N) is 1. The molecule has 0 heterocycles. The molecule has 0 aliphatic heterocycles. The Morgan fingerprint density at radius 2 is 1.70 bits per heavy atom. The molecule has 0 saturated heterocycles. The van der Waals surface area contributed by atoms with E-state index in [0.717, 1.165) is 11.1 Å². The third-order valence-electron chi connectivity index (χ3n) is 3.22. The summed E-state index contributed by atoms with van der Waals surface area (Å²) in [4.78, 5) is 0. The predicted molar refractivity (Wildman–Crippen MR) is 81.5 cm³/mol. The first-order valence-corrected chi connectivity index (χ1v) is 6.88. The largest absolute Gasteiger partial charge is 0.271 e. The highest BCUT2D eigenvalue weighted by atomic mass is 35.5. The van der Waals surface area contributed by atoms with E-state index in [4.69, 9.17) is 29.0 Å². The fourth-order valence-corrected chi connectivity index (χ4v) is 3.01. The van der Waals surface area contributed by atoms with Gasteiger partial charge in [-0.25, -0.2) is 9.82 Å². The van der Waals surface area contributed by atoms with Crippen LogP contribution in [0, 0.1) is 19.7 Å². The zero-order chi connectivity index (χ0) is 14.9. The molecule has 0 spiro atoms. The maximum Gasteiger partial charge on any atom is 0.128 e. The summed E-state index contributed by atoms with van der Waals surface area (Å²) in [6.07, 6.45) is 0. The summed E-state index contributed by atoms with van der Waals surface area (Å²) in [5.74, 6) is 5.28. The fourth-order valence-electron chi connectivity index (χ4n) is 2.39. The minimum Gasteiger partial charge on any atom is -0.271 e. The van der Waals surface area contributed by atoms with Gasteiger partial charge in [0.15, 0.2) is 0 Å². The highest BCUT2D eigenvalue weighted by Gasteiger charge is 2.23. The van der Waals surface area contributed by atoms with Crippen LogP contribution in [-0.4, -0.2) is 0 Å². The zero-order valence-electron chi connectivity index (χ0n) is 11.2. The molecule has 0 radical (unpaired) electrons. The van der Waals surface area contributed by atoms with Gasteiger partial charge in [0, 0.05) is 21.2 Å². The molecule has 1 atom stereocenters. The van der Waals surface area contributed by atoms with E-state index in [1.54, 1.807) is 18.2 Å². The molecule has 20 heavy (non-hydrogen) atoms. The van der Waals surface area contributed by atoms with Crippen molar-refractivity contribution >= 4 is 23.2 Å². The molecule has 5 heteroatoms. The normalized spacial score (nSPS) is 12.5. The summed E-state index contributed by atoms with van der Waals surface area (Å²) < 4.78 is 14.3. The van der Waals surface area contributed by atoms with E-state index in [1.807, 2.05) is 19.9 Å². The lowest BCUT2D eigenvalue weighted by Gasteiger charge is -2.22. The van der Waals surface area contributed by atoms with Crippen LogP contribution in [-0.2, 0) is 0 Å². The Morgan fingerprint density at radius 3 is 2.20 bits per heavy atom. The first-order chi connectivity index (χ1) is 9.45. The lowest BCUT2D eigenvalue weighted by molar-refractivity contribution is 0.556. The van der Waals surface area contributed by atoms with Crippen molar-refractivity contribution in [2.45, 2.75) is 19.9 Å². The van der Waals surface area contributed by atoms with Gasteiger partial charge in [-0.3, -0.25) is 5.84 Å². The van der Waals surface area contributed by atoms with Gasteiger partial charge in [0.25, 0.3) is 0 Å². The Kier molecular flexibility index (Phi) is 4.66. The van der Waals surface area contributed by atoms with Crippen molar-refractivity contribution < 1.29 is 4.39 Å². The lowest BCUT2D eigenvalue weighted by atomic mass is 9.93. The van der Waals surface area contributed by atoms with Crippen LogP contribution < -0.4 is 11.3 Å². The molecule has 0 aliphatic carbocycles. The zero-order valence-corrected chi connectivity index (χ0v) is 12.7. The second kappa shape index (κ2) is 6.10. The Balaban J connectivity index is 2.65. The summed E-state index contributed by atoms with van der Waals surface area (Å²) in [6, 6.07) is 7.91. The van der Waals surface area contributed by atoms with Gasteiger partial charge in [-0.2, -0.15) is 0 Å². The van der Waals surface area contributed by atoms with Gasteiger partial charge in [-0.1, -0.05) is 35.3 Å². The van der Waals surface area contributed by atoms with Crippen LogP contribution in [0.5, 0.6) is 0 Å². The number of hydrazine groups is 1. The molecule has 2 rings (SSSR count). The van der Waals surface area contributed by atoms with E-state index in [0.29, 0.717) is 21.2 Å². The van der Waals surface area contributed by atoms with Gasteiger partial charge in [-0.15, -0.1) is 0 Å². The molecule has 2 aromatic carbocycles. The molecular weight excluding hydrogens is 298 g/mol. The number of benzene rings is 2. The molecule has 0 aliphatic rings. The first-order valence-electron chi connectivity index (χ1n) is 6.12. The van der Waals surface area contributed by atoms with Crippen LogP contribution in [0.1, 0.15) is 28.3 Å². The van der Waals surface area contributed by atoms with E-state index in [9.17, 15) is 4.39 Å². The standard InChI is InChI=1S/C15H15Cl2FN2/c1-8-6-9(2)13(12(18)7-8)15(20-19)14-10(16)4-3-5-11(14)17/h3-7,15,20H,19H2,1-2H3. The van der Waals surface area contributed by atoms with E-state index in [1.165, 1.54) is 6.07 Å². The summed E-state index contributed by atoms with van der Waals surface area (Å²) in [5.41, 5.74) is 5.28. The van der Waals surface area contributed by atoms with Gasteiger partial charge in [-0.05, 0) is 43.2 Å². The van der Waals surface area contributed by atoms with Crippen LogP contribution in [0.3, 0.4) is 0 Å². The molecule has 0 bridgehead atoms. The molecule has 0 saturated carbocycles. The van der Waals surface area contributed by atoms with Crippen molar-refractivity contribution in [3.63, 3.8) is 0 Å². The molecule has 2 nitrogen and oxygen atoms in total. The lowest BCUT2D eigenvalue weighted by Crippen LogP contribution is -2.30. The molecule has 3 N–H and O–H groups in total. The predicted octanol–water partition coefficient (Wildman–Crippen LogP) is 4.30. The smallest absolute Gasteiger partial charge is 0.128 e. The number of hydrogen-bond donors (Lipinski definition) is 2. The highest BCUT2D eigenvalue weighted by Crippen LogP contribution is 2.36. The van der Waals surface area contributed by atoms with Crippen molar-refractivity contribution in [3.05, 3.63) is 68.4 Å². The maximum atomic E-state index is 14.3. The van der Waals surface area contributed by atoms with Crippen LogP contribution in [0.4, 0.5) is 4.39 Å². The monoisotopic (exact) mass is 312 g/mol. The number of rotatable bonds is 3. The Morgan fingerprint density at radius 1 is 1.10 bits per heavy atom. The average molecular weight is 313 g/mol. The van der Waals surface area contributed by atoms with Gasteiger partial charge in [0.1, 0.15) is 5.82 Å². The Hall–Kier alpha value is -1.13. The molecule has 0 aromatic heterocycles. The summed E-state index contributed by atoms with van der Waals surface area (Å²) in [6.45, 7) is 3.67. The Bertz CT molecular complexity index is 601. The first kappa shape index (κ1) is 15.3. The van der Waals surface area contributed by atoms with Crippen LogP contribution in [0.15, 0.2) is 30.3 Å². The number of aryl methyl sites for hydroxylation is 2. The molecule has 0 amide bonds. The molecule has 0 fully saturated rings. The SMILES string of the molecule is Cc1cc(C)c(C(NN)c2c(Cl)cccc2Cl)c(F)c1. The number of halogens is 3. The summed E-state index contributed by atoms with van der Waals surface area (Å²) in [7, 11) is 0. The van der Waals surface area contributed by atoms with Crippen molar-refractivity contribution in [3.8, 4) is 0 Å². The Labute approximate surface area is 127 Å². The third kappa shape index (κ3) is 2.81. The minimum atomic E-state index is -0.600. The van der Waals surface area contributed by atoms with E-state index >= 15 is 0 Å². The fraction of sp³-hybridized carbons (Fsp3) is 0.200. The van der Waals surface area contributed by atoms with Gasteiger partial charge in [0.2, 0.25) is 0 Å². The van der Waals surface area contributed by atoms with E-state index < -0.39 is 6.04 Å². The second-order valence-corrected chi connectivity index (χ2v) is 5.53. The minimum absolute atomic E-state index is 0.332. The van der Waals surface area contributed by atoms with E-state index in [2.05, 4.69) is 5.43 Å². The maximum absolute atomic E-state index is 14.3. The summed E-state index contributed by atoms with van der Waals surface area (Å²) >= 11 is 12.4. The van der Waals surface area contributed by atoms with Gasteiger partial charge < -0.3 is 0 Å². The van der Waals surface area contributed by atoms with Gasteiger partial charge >= 0.3 is 0 Å². The van der Waals surface area contributed by atoms with Gasteiger partial charge in [0.05, 0.1) is 6.04 Å². The molecule has 1 unspecified atom stereocenters. The third-order valence-corrected chi connectivity index (χ3v) is 3.88. The highest BCUT2D eigenvalue weighted by molar-refractivity contribution is 6.36. The quantitative estimate of drug-likeness (QED) is 0.655. The van der Waals surface area contributed by atoms with Crippen molar-refractivity contribution in [1.29, 1.82) is 0 Å². The number of hydrogen-bond acceptors (Lipinski definition) is 2. The van der Waals surface area contributed by atoms with Crippen LogP contribution in [0.2, 0.25) is 10.0 Å². The number of nitrogens with two attached hydrogens (primary N) is 1. The topological polar surface area (TPSA) is 38.0 Å². The second-order valence-electron chi connectivity index (χ2n) is 4.71. The molecule has 106 valence electrons. The van der Waals surface area contributed by atoms with Crippen molar-refractivity contribution in [2.24, 2.45) is 5.84 Å². The molecule has 2 aromatic rings. The average Bonchev–Trinajstić information content (AvgIpc) is 2.35. The van der Waals surface area contributed by atoms with Crippen molar-refractivity contribution in [2.75, 3.05) is 0 Å². The summed E-state index contributed by atoms with van der Waals surface area (Å²) in [5, 5.41) is 0.889. The van der Waals surface area contributed by atoms with Crippen LogP contribution in [0.25, 0.3) is 0 Å².